The summed E-state index contributed by atoms with van der Waals surface area (Å²) in [6.07, 6.45) is 4.42. The molecule has 2 amide bonds. The molecule has 1 aromatic carbocycles. The van der Waals surface area contributed by atoms with E-state index in [0.717, 1.165) is 15.6 Å². The molecule has 0 saturated carbocycles. The van der Waals surface area contributed by atoms with Gasteiger partial charge < -0.3 is 4.42 Å². The van der Waals surface area contributed by atoms with Crippen LogP contribution in [0.2, 0.25) is 0 Å². The van der Waals surface area contributed by atoms with Crippen LogP contribution in [0.4, 0.5) is 0 Å². The number of aryl methyl sites for hydroxylation is 2. The molecule has 5 nitrogen and oxygen atoms in total. The summed E-state index contributed by atoms with van der Waals surface area (Å²) in [5.74, 6) is -0.364. The van der Waals surface area contributed by atoms with Gasteiger partial charge in [-0.15, -0.1) is 0 Å². The summed E-state index contributed by atoms with van der Waals surface area (Å²) in [5.41, 5.74) is 7.02. The second-order valence-electron chi connectivity index (χ2n) is 4.69. The zero-order valence-electron chi connectivity index (χ0n) is 12.1. The maximum atomic E-state index is 11.8. The Labute approximate surface area is 136 Å². The SMILES string of the molecule is Cc1ccc(/C=C/C(=O)NNC(=O)c2ccoc2C)c(Br)c1. The summed E-state index contributed by atoms with van der Waals surface area (Å²) in [6.45, 7) is 3.66. The van der Waals surface area contributed by atoms with Crippen LogP contribution in [-0.2, 0) is 4.79 Å². The van der Waals surface area contributed by atoms with Crippen molar-refractivity contribution in [1.82, 2.24) is 10.9 Å². The molecule has 1 aromatic heterocycles. The standard InChI is InChI=1S/C16H15BrN2O3/c1-10-3-4-12(14(17)9-10)5-6-15(20)18-19-16(21)13-7-8-22-11(13)2/h3-9H,1-2H3,(H,18,20)(H,19,21)/b6-5+. The van der Waals surface area contributed by atoms with Gasteiger partial charge >= 0.3 is 0 Å². The van der Waals surface area contributed by atoms with Gasteiger partial charge in [0.25, 0.3) is 11.8 Å². The van der Waals surface area contributed by atoms with Gasteiger partial charge in [0.1, 0.15) is 5.76 Å². The van der Waals surface area contributed by atoms with Crippen LogP contribution in [0.15, 0.2) is 45.5 Å². The minimum absolute atomic E-state index is 0.380. The molecule has 0 radical (unpaired) electrons. The van der Waals surface area contributed by atoms with Crippen molar-refractivity contribution in [2.45, 2.75) is 13.8 Å². The summed E-state index contributed by atoms with van der Waals surface area (Å²) >= 11 is 3.43. The van der Waals surface area contributed by atoms with Gasteiger partial charge in [0.15, 0.2) is 0 Å². The first-order valence-electron chi connectivity index (χ1n) is 6.56. The Morgan fingerprint density at radius 1 is 1.18 bits per heavy atom. The molecule has 2 N–H and O–H groups in total. The third-order valence-corrected chi connectivity index (χ3v) is 3.66. The van der Waals surface area contributed by atoms with Gasteiger partial charge in [0.2, 0.25) is 0 Å². The van der Waals surface area contributed by atoms with Gasteiger partial charge in [-0.05, 0) is 43.2 Å². The minimum Gasteiger partial charge on any atom is -0.469 e. The molecule has 22 heavy (non-hydrogen) atoms. The minimum atomic E-state index is -0.429. The topological polar surface area (TPSA) is 71.3 Å². The van der Waals surface area contributed by atoms with Gasteiger partial charge in [0.05, 0.1) is 11.8 Å². The Morgan fingerprint density at radius 3 is 2.59 bits per heavy atom. The lowest BCUT2D eigenvalue weighted by molar-refractivity contribution is -0.117. The van der Waals surface area contributed by atoms with Crippen molar-refractivity contribution in [3.8, 4) is 0 Å². The van der Waals surface area contributed by atoms with Crippen LogP contribution < -0.4 is 10.9 Å². The van der Waals surface area contributed by atoms with Crippen LogP contribution in [0.1, 0.15) is 27.2 Å². The summed E-state index contributed by atoms with van der Waals surface area (Å²) in [6, 6.07) is 7.35. The maximum Gasteiger partial charge on any atom is 0.273 e. The Kier molecular flexibility index (Phi) is 5.16. The van der Waals surface area contributed by atoms with Crippen LogP contribution in [-0.4, -0.2) is 11.8 Å². The lowest BCUT2D eigenvalue weighted by atomic mass is 10.1. The number of hydrogen-bond donors (Lipinski definition) is 2. The molecule has 0 aliphatic rings. The number of rotatable bonds is 3. The number of hydrazine groups is 1. The summed E-state index contributed by atoms with van der Waals surface area (Å²) in [4.78, 5) is 23.5. The second kappa shape index (κ2) is 7.09. The molecule has 2 rings (SSSR count). The van der Waals surface area contributed by atoms with Crippen molar-refractivity contribution in [3.63, 3.8) is 0 Å². The van der Waals surface area contributed by atoms with E-state index in [0.29, 0.717) is 11.3 Å². The smallest absolute Gasteiger partial charge is 0.273 e. The number of carbonyl (C=O) groups is 2. The molecular weight excluding hydrogens is 348 g/mol. The quantitative estimate of drug-likeness (QED) is 0.650. The number of carbonyl (C=O) groups excluding carboxylic acids is 2. The van der Waals surface area contributed by atoms with E-state index in [2.05, 4.69) is 26.8 Å². The van der Waals surface area contributed by atoms with Crippen LogP contribution in [0.5, 0.6) is 0 Å². The van der Waals surface area contributed by atoms with Crippen molar-refractivity contribution in [2.75, 3.05) is 0 Å². The van der Waals surface area contributed by atoms with E-state index in [4.69, 9.17) is 4.42 Å². The molecule has 114 valence electrons. The number of furan rings is 1. The highest BCUT2D eigenvalue weighted by atomic mass is 79.9. The fourth-order valence-corrected chi connectivity index (χ4v) is 2.41. The van der Waals surface area contributed by atoms with E-state index in [9.17, 15) is 9.59 Å². The monoisotopic (exact) mass is 362 g/mol. The van der Waals surface area contributed by atoms with Crippen molar-refractivity contribution >= 4 is 33.8 Å². The van der Waals surface area contributed by atoms with Crippen molar-refractivity contribution in [1.29, 1.82) is 0 Å². The van der Waals surface area contributed by atoms with Crippen LogP contribution in [0.25, 0.3) is 6.08 Å². The Morgan fingerprint density at radius 2 is 1.95 bits per heavy atom. The highest BCUT2D eigenvalue weighted by Crippen LogP contribution is 2.19. The van der Waals surface area contributed by atoms with E-state index in [-0.39, 0.29) is 0 Å². The number of benzene rings is 1. The van der Waals surface area contributed by atoms with Gasteiger partial charge in [-0.25, -0.2) is 0 Å². The van der Waals surface area contributed by atoms with Crippen LogP contribution >= 0.6 is 15.9 Å². The molecule has 1 heterocycles. The van der Waals surface area contributed by atoms with Crippen LogP contribution in [0, 0.1) is 13.8 Å². The molecular formula is C16H15BrN2O3. The Bertz CT molecular complexity index is 735. The molecule has 0 atom stereocenters. The van der Waals surface area contributed by atoms with Crippen molar-refractivity contribution in [3.05, 3.63) is 63.5 Å². The molecule has 0 aliphatic heterocycles. The lowest BCUT2D eigenvalue weighted by Crippen LogP contribution is -2.40. The lowest BCUT2D eigenvalue weighted by Gasteiger charge is -2.04. The predicted octanol–water partition coefficient (Wildman–Crippen LogP) is 3.13. The van der Waals surface area contributed by atoms with E-state index in [1.165, 1.54) is 18.4 Å². The summed E-state index contributed by atoms with van der Waals surface area (Å²) in [7, 11) is 0. The van der Waals surface area contributed by atoms with Crippen molar-refractivity contribution in [2.24, 2.45) is 0 Å². The first kappa shape index (κ1) is 16.0. The van der Waals surface area contributed by atoms with E-state index >= 15 is 0 Å². The number of amides is 2. The van der Waals surface area contributed by atoms with E-state index in [1.807, 2.05) is 25.1 Å². The largest absolute Gasteiger partial charge is 0.469 e. The molecule has 0 unspecified atom stereocenters. The first-order valence-corrected chi connectivity index (χ1v) is 7.35. The Balaban J connectivity index is 1.92. The van der Waals surface area contributed by atoms with E-state index in [1.54, 1.807) is 13.0 Å². The molecule has 0 saturated heterocycles. The van der Waals surface area contributed by atoms with Gasteiger partial charge in [0, 0.05) is 10.5 Å². The first-order chi connectivity index (χ1) is 10.5. The fourth-order valence-electron chi connectivity index (χ4n) is 1.78. The second-order valence-corrected chi connectivity index (χ2v) is 5.55. The number of hydrogen-bond acceptors (Lipinski definition) is 3. The zero-order chi connectivity index (χ0) is 16.1. The molecule has 0 fully saturated rings. The normalized spacial score (nSPS) is 10.7. The highest BCUT2D eigenvalue weighted by molar-refractivity contribution is 9.10. The van der Waals surface area contributed by atoms with Crippen LogP contribution in [0.3, 0.4) is 0 Å². The van der Waals surface area contributed by atoms with Gasteiger partial charge in [-0.2, -0.15) is 0 Å². The third-order valence-electron chi connectivity index (χ3n) is 2.97. The molecule has 0 aliphatic carbocycles. The van der Waals surface area contributed by atoms with Crippen molar-refractivity contribution < 1.29 is 14.0 Å². The van der Waals surface area contributed by atoms with Gasteiger partial charge in [-0.3, -0.25) is 20.4 Å². The average molecular weight is 363 g/mol. The van der Waals surface area contributed by atoms with Gasteiger partial charge in [-0.1, -0.05) is 28.1 Å². The predicted molar refractivity (Wildman–Crippen MR) is 87.0 cm³/mol. The molecule has 0 bridgehead atoms. The number of halogens is 1. The molecule has 6 heteroatoms. The fraction of sp³-hybridized carbons (Fsp3) is 0.125. The maximum absolute atomic E-state index is 11.8. The molecule has 2 aromatic rings. The molecule has 0 spiro atoms. The number of nitrogens with one attached hydrogen (secondary N) is 2. The highest BCUT2D eigenvalue weighted by Gasteiger charge is 2.11. The third kappa shape index (κ3) is 4.08. The Hall–Kier alpha value is -2.34. The summed E-state index contributed by atoms with van der Waals surface area (Å²) in [5, 5.41) is 0. The van der Waals surface area contributed by atoms with E-state index < -0.39 is 11.8 Å². The zero-order valence-corrected chi connectivity index (χ0v) is 13.7. The summed E-state index contributed by atoms with van der Waals surface area (Å²) < 4.78 is 5.93. The average Bonchev–Trinajstić information content (AvgIpc) is 2.90.